The largest absolute Gasteiger partial charge is 0.317 e. The normalized spacial score (nSPS) is 9.95. The zero-order valence-electron chi connectivity index (χ0n) is 10.8. The number of thioether (sulfide) groups is 1. The minimum absolute atomic E-state index is 0.0375. The minimum atomic E-state index is -0.0375. The van der Waals surface area contributed by atoms with Crippen LogP contribution in [0.5, 0.6) is 0 Å². The lowest BCUT2D eigenvalue weighted by molar-refractivity contribution is -0.115. The highest BCUT2D eigenvalue weighted by Crippen LogP contribution is 2.22. The van der Waals surface area contributed by atoms with Crippen molar-refractivity contribution in [3.05, 3.63) is 52.9 Å². The number of hydrogen-bond donors (Lipinski definition) is 1. The van der Waals surface area contributed by atoms with E-state index in [1.165, 1.54) is 16.9 Å². The van der Waals surface area contributed by atoms with Gasteiger partial charge < -0.3 is 5.32 Å². The number of nitriles is 1. The standard InChI is InChI=1S/C15H14N2OS2/c16-10-13-6-9-20-15(13)17-14(18)7-8-19-11-12-4-2-1-3-5-12/h1-6,9H,7-8,11H2,(H,17,18). The molecule has 0 saturated carbocycles. The van der Waals surface area contributed by atoms with Gasteiger partial charge in [-0.15, -0.1) is 11.3 Å². The van der Waals surface area contributed by atoms with Crippen molar-refractivity contribution in [2.24, 2.45) is 0 Å². The van der Waals surface area contributed by atoms with E-state index in [0.717, 1.165) is 11.5 Å². The first-order valence-corrected chi connectivity index (χ1v) is 8.22. The first-order valence-electron chi connectivity index (χ1n) is 6.18. The Hall–Kier alpha value is -1.77. The van der Waals surface area contributed by atoms with E-state index in [9.17, 15) is 4.79 Å². The van der Waals surface area contributed by atoms with Crippen molar-refractivity contribution in [1.82, 2.24) is 0 Å². The number of thiophene rings is 1. The second-order valence-corrected chi connectivity index (χ2v) is 6.13. The fourth-order valence-corrected chi connectivity index (χ4v) is 3.27. The summed E-state index contributed by atoms with van der Waals surface area (Å²) < 4.78 is 0. The summed E-state index contributed by atoms with van der Waals surface area (Å²) in [5, 5.41) is 14.1. The van der Waals surface area contributed by atoms with Gasteiger partial charge in [0.25, 0.3) is 0 Å². The molecule has 2 rings (SSSR count). The Morgan fingerprint density at radius 1 is 1.30 bits per heavy atom. The third-order valence-corrected chi connectivity index (χ3v) is 4.48. The fourth-order valence-electron chi connectivity index (χ4n) is 1.61. The van der Waals surface area contributed by atoms with E-state index in [0.29, 0.717) is 17.0 Å². The van der Waals surface area contributed by atoms with Gasteiger partial charge in [-0.1, -0.05) is 30.3 Å². The van der Waals surface area contributed by atoms with Crippen LogP contribution in [-0.2, 0) is 10.5 Å². The summed E-state index contributed by atoms with van der Waals surface area (Å²) in [6.07, 6.45) is 0.459. The molecule has 0 aliphatic carbocycles. The van der Waals surface area contributed by atoms with Crippen molar-refractivity contribution >= 4 is 34.0 Å². The lowest BCUT2D eigenvalue weighted by Gasteiger charge is -2.04. The number of carbonyl (C=O) groups excluding carboxylic acids is 1. The van der Waals surface area contributed by atoms with E-state index < -0.39 is 0 Å². The van der Waals surface area contributed by atoms with Crippen molar-refractivity contribution in [2.45, 2.75) is 12.2 Å². The Labute approximate surface area is 126 Å². The van der Waals surface area contributed by atoms with E-state index in [2.05, 4.69) is 23.5 Å². The van der Waals surface area contributed by atoms with Gasteiger partial charge in [0.05, 0.1) is 5.56 Å². The van der Waals surface area contributed by atoms with Crippen molar-refractivity contribution in [3.8, 4) is 6.07 Å². The highest BCUT2D eigenvalue weighted by Gasteiger charge is 2.07. The zero-order valence-corrected chi connectivity index (χ0v) is 12.5. The van der Waals surface area contributed by atoms with Gasteiger partial charge in [-0.25, -0.2) is 0 Å². The van der Waals surface area contributed by atoms with Crippen LogP contribution in [0, 0.1) is 11.3 Å². The fraction of sp³-hybridized carbons (Fsp3) is 0.200. The number of hydrogen-bond acceptors (Lipinski definition) is 4. The van der Waals surface area contributed by atoms with Crippen molar-refractivity contribution in [2.75, 3.05) is 11.1 Å². The molecule has 5 heteroatoms. The third kappa shape index (κ3) is 4.41. The molecule has 0 aliphatic heterocycles. The molecule has 1 heterocycles. The maximum Gasteiger partial charge on any atom is 0.225 e. The highest BCUT2D eigenvalue weighted by atomic mass is 32.2. The molecular formula is C15H14N2OS2. The van der Waals surface area contributed by atoms with Crippen LogP contribution in [0.4, 0.5) is 5.00 Å². The van der Waals surface area contributed by atoms with E-state index in [1.807, 2.05) is 18.2 Å². The van der Waals surface area contributed by atoms with Gasteiger partial charge >= 0.3 is 0 Å². The molecule has 1 aromatic heterocycles. The summed E-state index contributed by atoms with van der Waals surface area (Å²) in [6, 6.07) is 14.0. The van der Waals surface area contributed by atoms with Crippen LogP contribution in [0.15, 0.2) is 41.8 Å². The number of amides is 1. The lowest BCUT2D eigenvalue weighted by atomic mass is 10.2. The average molecular weight is 302 g/mol. The van der Waals surface area contributed by atoms with Gasteiger partial charge in [0.2, 0.25) is 5.91 Å². The average Bonchev–Trinajstić information content (AvgIpc) is 2.92. The number of anilines is 1. The van der Waals surface area contributed by atoms with Crippen molar-refractivity contribution in [3.63, 3.8) is 0 Å². The summed E-state index contributed by atoms with van der Waals surface area (Å²) in [5.41, 5.74) is 1.79. The lowest BCUT2D eigenvalue weighted by Crippen LogP contribution is -2.11. The molecule has 102 valence electrons. The van der Waals surface area contributed by atoms with Gasteiger partial charge in [-0.05, 0) is 17.0 Å². The molecule has 0 radical (unpaired) electrons. The molecule has 0 saturated heterocycles. The molecule has 0 fully saturated rings. The maximum atomic E-state index is 11.8. The number of rotatable bonds is 6. The van der Waals surface area contributed by atoms with Crippen LogP contribution >= 0.6 is 23.1 Å². The predicted octanol–water partition coefficient (Wildman–Crippen LogP) is 3.88. The van der Waals surface area contributed by atoms with Crippen LogP contribution in [0.1, 0.15) is 17.5 Å². The molecule has 0 bridgehead atoms. The number of nitrogens with zero attached hydrogens (tertiary/aromatic N) is 1. The Balaban J connectivity index is 1.70. The van der Waals surface area contributed by atoms with Crippen LogP contribution < -0.4 is 5.32 Å². The third-order valence-electron chi connectivity index (χ3n) is 2.62. The van der Waals surface area contributed by atoms with E-state index in [-0.39, 0.29) is 5.91 Å². The molecule has 2 aromatic rings. The van der Waals surface area contributed by atoms with Gasteiger partial charge in [0.1, 0.15) is 11.1 Å². The molecule has 0 aliphatic rings. The van der Waals surface area contributed by atoms with E-state index in [1.54, 1.807) is 23.2 Å². The van der Waals surface area contributed by atoms with E-state index >= 15 is 0 Å². The highest BCUT2D eigenvalue weighted by molar-refractivity contribution is 7.98. The Bertz CT molecular complexity index is 602. The summed E-state index contributed by atoms with van der Waals surface area (Å²) in [6.45, 7) is 0. The summed E-state index contributed by atoms with van der Waals surface area (Å²) in [7, 11) is 0. The van der Waals surface area contributed by atoms with Crippen molar-refractivity contribution < 1.29 is 4.79 Å². The summed E-state index contributed by atoms with van der Waals surface area (Å²) >= 11 is 3.11. The smallest absolute Gasteiger partial charge is 0.225 e. The number of nitrogens with one attached hydrogen (secondary N) is 1. The predicted molar refractivity (Wildman–Crippen MR) is 84.9 cm³/mol. The molecule has 1 aromatic carbocycles. The maximum absolute atomic E-state index is 11.8. The second-order valence-electron chi connectivity index (χ2n) is 4.11. The molecule has 0 atom stereocenters. The Kier molecular flexibility index (Phi) is 5.66. The van der Waals surface area contributed by atoms with Crippen LogP contribution in [-0.4, -0.2) is 11.7 Å². The molecule has 1 N–H and O–H groups in total. The molecular weight excluding hydrogens is 288 g/mol. The topological polar surface area (TPSA) is 52.9 Å². The van der Waals surface area contributed by atoms with Gasteiger partial charge in [-0.2, -0.15) is 17.0 Å². The number of benzene rings is 1. The Morgan fingerprint density at radius 2 is 2.10 bits per heavy atom. The molecule has 1 amide bonds. The second kappa shape index (κ2) is 7.73. The van der Waals surface area contributed by atoms with Crippen LogP contribution in [0.25, 0.3) is 0 Å². The van der Waals surface area contributed by atoms with Gasteiger partial charge in [0.15, 0.2) is 0 Å². The monoisotopic (exact) mass is 302 g/mol. The number of carbonyl (C=O) groups is 1. The minimum Gasteiger partial charge on any atom is -0.317 e. The van der Waals surface area contributed by atoms with Crippen LogP contribution in [0.3, 0.4) is 0 Å². The summed E-state index contributed by atoms with van der Waals surface area (Å²) in [5.74, 6) is 1.65. The zero-order chi connectivity index (χ0) is 14.2. The SMILES string of the molecule is N#Cc1ccsc1NC(=O)CCSCc1ccccc1. The van der Waals surface area contributed by atoms with Crippen LogP contribution in [0.2, 0.25) is 0 Å². The molecule has 0 unspecified atom stereocenters. The summed E-state index contributed by atoms with van der Waals surface area (Å²) in [4.78, 5) is 11.8. The first-order chi connectivity index (χ1) is 9.79. The molecule has 20 heavy (non-hydrogen) atoms. The molecule has 0 spiro atoms. The quantitative estimate of drug-likeness (QED) is 0.824. The van der Waals surface area contributed by atoms with Gasteiger partial charge in [0, 0.05) is 17.9 Å². The first kappa shape index (κ1) is 14.6. The van der Waals surface area contributed by atoms with Gasteiger partial charge in [-0.3, -0.25) is 4.79 Å². The van der Waals surface area contributed by atoms with Crippen molar-refractivity contribution in [1.29, 1.82) is 5.26 Å². The molecule has 3 nitrogen and oxygen atoms in total. The van der Waals surface area contributed by atoms with E-state index in [4.69, 9.17) is 5.26 Å². The Morgan fingerprint density at radius 3 is 2.85 bits per heavy atom.